The van der Waals surface area contributed by atoms with Crippen molar-refractivity contribution in [1.29, 1.82) is 0 Å². The number of nitrogens with zero attached hydrogens (tertiary/aromatic N) is 1. The van der Waals surface area contributed by atoms with Gasteiger partial charge in [-0.25, -0.2) is 24.0 Å². The third-order valence-corrected chi connectivity index (χ3v) is 4.55. The Hall–Kier alpha value is -1.22. The SMILES string of the molecule is NNc1ncccc1S(=O)(=O)NCC1CCOCC1. The zero-order chi connectivity index (χ0) is 13.7. The largest absolute Gasteiger partial charge is 0.381 e. The van der Waals surface area contributed by atoms with E-state index >= 15 is 0 Å². The van der Waals surface area contributed by atoms with Gasteiger partial charge in [-0.15, -0.1) is 0 Å². The number of aromatic nitrogens is 1. The summed E-state index contributed by atoms with van der Waals surface area (Å²) in [4.78, 5) is 3.94. The molecule has 0 unspecified atom stereocenters. The van der Waals surface area contributed by atoms with Crippen LogP contribution in [0.25, 0.3) is 0 Å². The second-order valence-electron chi connectivity index (χ2n) is 4.40. The molecule has 1 fully saturated rings. The number of hydrogen-bond donors (Lipinski definition) is 3. The lowest BCUT2D eigenvalue weighted by Crippen LogP contribution is -2.33. The molecular formula is C11H18N4O3S. The summed E-state index contributed by atoms with van der Waals surface area (Å²) in [7, 11) is -3.60. The van der Waals surface area contributed by atoms with Crippen molar-refractivity contribution in [3.05, 3.63) is 18.3 Å². The number of pyridine rings is 1. The van der Waals surface area contributed by atoms with Gasteiger partial charge in [0, 0.05) is 26.0 Å². The Balaban J connectivity index is 2.05. The van der Waals surface area contributed by atoms with Crippen LogP contribution in [-0.2, 0) is 14.8 Å². The molecule has 4 N–H and O–H groups in total. The van der Waals surface area contributed by atoms with Crippen molar-refractivity contribution in [1.82, 2.24) is 9.71 Å². The highest BCUT2D eigenvalue weighted by molar-refractivity contribution is 7.89. The smallest absolute Gasteiger partial charge is 0.244 e. The molecule has 8 heteroatoms. The summed E-state index contributed by atoms with van der Waals surface area (Å²) in [6.07, 6.45) is 3.22. The number of nitrogen functional groups attached to an aromatic ring is 1. The Morgan fingerprint density at radius 1 is 1.42 bits per heavy atom. The van der Waals surface area contributed by atoms with Crippen molar-refractivity contribution in [2.24, 2.45) is 11.8 Å². The molecule has 106 valence electrons. The Morgan fingerprint density at radius 3 is 2.84 bits per heavy atom. The Bertz CT molecular complexity index is 514. The minimum absolute atomic E-state index is 0.0598. The summed E-state index contributed by atoms with van der Waals surface area (Å²) in [6, 6.07) is 3.03. The van der Waals surface area contributed by atoms with E-state index in [0.717, 1.165) is 12.8 Å². The van der Waals surface area contributed by atoms with Gasteiger partial charge in [0.05, 0.1) is 0 Å². The van der Waals surface area contributed by atoms with Crippen LogP contribution < -0.4 is 16.0 Å². The maximum absolute atomic E-state index is 12.2. The zero-order valence-corrected chi connectivity index (χ0v) is 11.3. The highest BCUT2D eigenvalue weighted by Crippen LogP contribution is 2.18. The number of nitrogens with one attached hydrogen (secondary N) is 2. The number of ether oxygens (including phenoxy) is 1. The van der Waals surface area contributed by atoms with Crippen molar-refractivity contribution in [3.8, 4) is 0 Å². The van der Waals surface area contributed by atoms with Gasteiger partial charge in [0.2, 0.25) is 10.0 Å². The van der Waals surface area contributed by atoms with Crippen LogP contribution in [0.4, 0.5) is 5.82 Å². The fourth-order valence-corrected chi connectivity index (χ4v) is 3.21. The van der Waals surface area contributed by atoms with Gasteiger partial charge in [-0.3, -0.25) is 0 Å². The van der Waals surface area contributed by atoms with Crippen molar-refractivity contribution >= 4 is 15.8 Å². The zero-order valence-electron chi connectivity index (χ0n) is 10.5. The van der Waals surface area contributed by atoms with Crippen LogP contribution in [0.5, 0.6) is 0 Å². The first-order valence-electron chi connectivity index (χ1n) is 6.12. The number of hydrogen-bond acceptors (Lipinski definition) is 6. The third kappa shape index (κ3) is 3.63. The van der Waals surface area contributed by atoms with E-state index in [0.29, 0.717) is 25.7 Å². The summed E-state index contributed by atoms with van der Waals surface area (Å²) in [6.45, 7) is 1.79. The van der Waals surface area contributed by atoms with Crippen LogP contribution in [0.3, 0.4) is 0 Å². The average molecular weight is 286 g/mol. The van der Waals surface area contributed by atoms with E-state index in [1.807, 2.05) is 0 Å². The predicted octanol–water partition coefficient (Wildman–Crippen LogP) is 0.0721. The second-order valence-corrected chi connectivity index (χ2v) is 6.14. The third-order valence-electron chi connectivity index (χ3n) is 3.10. The molecule has 2 heterocycles. The summed E-state index contributed by atoms with van der Waals surface area (Å²) in [5.74, 6) is 5.72. The van der Waals surface area contributed by atoms with E-state index in [2.05, 4.69) is 15.1 Å². The van der Waals surface area contributed by atoms with E-state index in [9.17, 15) is 8.42 Å². The van der Waals surface area contributed by atoms with Gasteiger partial charge in [0.25, 0.3) is 0 Å². The number of nitrogens with two attached hydrogens (primary N) is 1. The van der Waals surface area contributed by atoms with E-state index < -0.39 is 10.0 Å². The first kappa shape index (κ1) is 14.2. The van der Waals surface area contributed by atoms with E-state index in [1.54, 1.807) is 6.07 Å². The van der Waals surface area contributed by atoms with Crippen LogP contribution in [0.1, 0.15) is 12.8 Å². The van der Waals surface area contributed by atoms with Gasteiger partial charge in [-0.05, 0) is 30.9 Å². The number of rotatable bonds is 5. The van der Waals surface area contributed by atoms with Gasteiger partial charge in [-0.1, -0.05) is 0 Å². The van der Waals surface area contributed by atoms with Crippen LogP contribution in [0.2, 0.25) is 0 Å². The molecule has 1 aliphatic heterocycles. The molecule has 0 aliphatic carbocycles. The quantitative estimate of drug-likeness (QED) is 0.522. The molecule has 1 aliphatic rings. The Kier molecular flexibility index (Phi) is 4.70. The molecule has 19 heavy (non-hydrogen) atoms. The van der Waals surface area contributed by atoms with Crippen molar-refractivity contribution in [3.63, 3.8) is 0 Å². The molecule has 1 saturated heterocycles. The minimum atomic E-state index is -3.60. The van der Waals surface area contributed by atoms with E-state index in [4.69, 9.17) is 10.6 Å². The Morgan fingerprint density at radius 2 is 2.16 bits per heavy atom. The molecule has 0 bridgehead atoms. The van der Waals surface area contributed by atoms with Gasteiger partial charge in [0.15, 0.2) is 5.82 Å². The second kappa shape index (κ2) is 6.29. The monoisotopic (exact) mass is 286 g/mol. The van der Waals surface area contributed by atoms with E-state index in [-0.39, 0.29) is 10.7 Å². The molecule has 1 aromatic heterocycles. The molecule has 0 spiro atoms. The molecule has 0 amide bonds. The molecule has 0 radical (unpaired) electrons. The summed E-state index contributed by atoms with van der Waals surface area (Å²) in [5.41, 5.74) is 2.29. The van der Waals surface area contributed by atoms with Crippen LogP contribution in [-0.4, -0.2) is 33.2 Å². The fourth-order valence-electron chi connectivity index (χ4n) is 1.97. The normalized spacial score (nSPS) is 17.3. The summed E-state index contributed by atoms with van der Waals surface area (Å²) >= 11 is 0. The number of hydrazine groups is 1. The lowest BCUT2D eigenvalue weighted by molar-refractivity contribution is 0.0678. The van der Waals surface area contributed by atoms with Crippen LogP contribution in [0.15, 0.2) is 23.2 Å². The van der Waals surface area contributed by atoms with Crippen LogP contribution in [0, 0.1) is 5.92 Å². The van der Waals surface area contributed by atoms with Crippen LogP contribution >= 0.6 is 0 Å². The van der Waals surface area contributed by atoms with Gasteiger partial charge < -0.3 is 10.2 Å². The lowest BCUT2D eigenvalue weighted by atomic mass is 10.0. The van der Waals surface area contributed by atoms with Crippen molar-refractivity contribution < 1.29 is 13.2 Å². The molecule has 0 saturated carbocycles. The van der Waals surface area contributed by atoms with Gasteiger partial charge in [0.1, 0.15) is 4.90 Å². The maximum Gasteiger partial charge on any atom is 0.244 e. The van der Waals surface area contributed by atoms with E-state index in [1.165, 1.54) is 12.3 Å². The highest BCUT2D eigenvalue weighted by Gasteiger charge is 2.21. The fraction of sp³-hybridized carbons (Fsp3) is 0.545. The topological polar surface area (TPSA) is 106 Å². The predicted molar refractivity (Wildman–Crippen MR) is 70.8 cm³/mol. The van der Waals surface area contributed by atoms with Gasteiger partial charge >= 0.3 is 0 Å². The average Bonchev–Trinajstić information content (AvgIpc) is 2.46. The van der Waals surface area contributed by atoms with Gasteiger partial charge in [-0.2, -0.15) is 0 Å². The maximum atomic E-state index is 12.2. The first-order chi connectivity index (χ1) is 9.13. The lowest BCUT2D eigenvalue weighted by Gasteiger charge is -2.22. The molecule has 1 aromatic rings. The first-order valence-corrected chi connectivity index (χ1v) is 7.61. The molecular weight excluding hydrogens is 268 g/mol. The summed E-state index contributed by atoms with van der Waals surface area (Å²) in [5, 5.41) is 0. The molecule has 0 aromatic carbocycles. The molecule has 0 atom stereocenters. The molecule has 2 rings (SSSR count). The number of sulfonamides is 1. The Labute approximate surface area is 112 Å². The van der Waals surface area contributed by atoms with Crippen molar-refractivity contribution in [2.75, 3.05) is 25.2 Å². The summed E-state index contributed by atoms with van der Waals surface area (Å²) < 4.78 is 32.2. The molecule has 7 nitrogen and oxygen atoms in total. The highest BCUT2D eigenvalue weighted by atomic mass is 32.2. The minimum Gasteiger partial charge on any atom is -0.381 e. The number of anilines is 1. The standard InChI is InChI=1S/C11H18N4O3S/c12-15-11-10(2-1-5-13-11)19(16,17)14-8-9-3-6-18-7-4-9/h1-2,5,9,14H,3-4,6-8,12H2,(H,13,15). The van der Waals surface area contributed by atoms with Crippen molar-refractivity contribution in [2.45, 2.75) is 17.7 Å².